The number of fused-ring (bicyclic) bond motifs is 1. The molecule has 0 radical (unpaired) electrons. The average Bonchev–Trinajstić information content (AvgIpc) is 3.23. The van der Waals surface area contributed by atoms with E-state index in [0.717, 1.165) is 12.8 Å². The molecule has 1 aliphatic carbocycles. The topological polar surface area (TPSA) is 93.2 Å². The van der Waals surface area contributed by atoms with E-state index in [-0.39, 0.29) is 37.1 Å². The van der Waals surface area contributed by atoms with Crippen LogP contribution in [0.1, 0.15) is 19.3 Å². The molecular weight excluding hydrogens is 276 g/mol. The number of amides is 4. The van der Waals surface area contributed by atoms with Gasteiger partial charge in [0.1, 0.15) is 0 Å². The number of rotatable bonds is 4. The van der Waals surface area contributed by atoms with Gasteiger partial charge in [-0.15, -0.1) is 0 Å². The van der Waals surface area contributed by atoms with Gasteiger partial charge < -0.3 is 25.1 Å². The predicted octanol–water partition coefficient (Wildman–Crippen LogP) is -0.245. The third kappa shape index (κ3) is 2.88. The number of carboxylic acids is 1. The number of aliphatic carboxylic acids is 1. The fourth-order valence-corrected chi connectivity index (χ4v) is 3.00. The third-order valence-corrected chi connectivity index (χ3v) is 4.30. The second kappa shape index (κ2) is 5.42. The predicted molar refractivity (Wildman–Crippen MR) is 72.8 cm³/mol. The van der Waals surface area contributed by atoms with Crippen molar-refractivity contribution in [2.75, 3.05) is 32.7 Å². The van der Waals surface area contributed by atoms with Crippen molar-refractivity contribution in [1.82, 2.24) is 20.0 Å². The van der Waals surface area contributed by atoms with Crippen LogP contribution in [-0.4, -0.2) is 82.6 Å². The maximum absolute atomic E-state index is 12.6. The Kier molecular flexibility index (Phi) is 3.60. The lowest BCUT2D eigenvalue weighted by Gasteiger charge is -2.39. The highest BCUT2D eigenvalue weighted by atomic mass is 16.4. The molecule has 116 valence electrons. The van der Waals surface area contributed by atoms with Crippen molar-refractivity contribution in [2.45, 2.75) is 31.3 Å². The average molecular weight is 296 g/mol. The Morgan fingerprint density at radius 3 is 2.76 bits per heavy atom. The van der Waals surface area contributed by atoms with Crippen molar-refractivity contribution in [3.05, 3.63) is 0 Å². The van der Waals surface area contributed by atoms with Gasteiger partial charge in [-0.2, -0.15) is 0 Å². The molecule has 0 aromatic heterocycles. The van der Waals surface area contributed by atoms with Gasteiger partial charge in [0, 0.05) is 38.8 Å². The fraction of sp³-hybridized carbons (Fsp3) is 0.769. The Balaban J connectivity index is 1.61. The Hall–Kier alpha value is -1.99. The van der Waals surface area contributed by atoms with E-state index in [1.54, 1.807) is 14.7 Å². The van der Waals surface area contributed by atoms with E-state index in [0.29, 0.717) is 26.2 Å². The molecule has 0 bridgehead atoms. The lowest BCUT2D eigenvalue weighted by molar-refractivity contribution is -0.137. The minimum atomic E-state index is -0.885. The second-order valence-electron chi connectivity index (χ2n) is 5.83. The number of carbonyl (C=O) groups is 3. The molecule has 0 aromatic carbocycles. The lowest BCUT2D eigenvalue weighted by atomic mass is 10.2. The summed E-state index contributed by atoms with van der Waals surface area (Å²) < 4.78 is 0. The molecule has 0 spiro atoms. The molecule has 4 amide bonds. The molecule has 8 heteroatoms. The van der Waals surface area contributed by atoms with E-state index in [9.17, 15) is 14.4 Å². The lowest BCUT2D eigenvalue weighted by Crippen LogP contribution is -2.57. The van der Waals surface area contributed by atoms with Crippen molar-refractivity contribution < 1.29 is 19.5 Å². The first-order chi connectivity index (χ1) is 10.1. The van der Waals surface area contributed by atoms with E-state index in [1.165, 1.54) is 0 Å². The number of nitrogens with one attached hydrogen (secondary N) is 1. The van der Waals surface area contributed by atoms with Crippen molar-refractivity contribution >= 4 is 18.0 Å². The van der Waals surface area contributed by atoms with E-state index >= 15 is 0 Å². The Morgan fingerprint density at radius 1 is 1.33 bits per heavy atom. The molecule has 2 N–H and O–H groups in total. The molecule has 2 aliphatic heterocycles. The van der Waals surface area contributed by atoms with Crippen LogP contribution in [0.3, 0.4) is 0 Å². The first kappa shape index (κ1) is 14.0. The molecule has 1 unspecified atom stereocenters. The van der Waals surface area contributed by atoms with Crippen molar-refractivity contribution in [3.8, 4) is 0 Å². The minimum Gasteiger partial charge on any atom is -0.481 e. The summed E-state index contributed by atoms with van der Waals surface area (Å²) in [5.74, 6) is -0.885. The number of hydrogen-bond acceptors (Lipinski definition) is 3. The molecular formula is C13H20N4O4. The van der Waals surface area contributed by atoms with E-state index in [4.69, 9.17) is 5.11 Å². The summed E-state index contributed by atoms with van der Waals surface area (Å²) in [4.78, 5) is 40.1. The van der Waals surface area contributed by atoms with Gasteiger partial charge in [0.05, 0.1) is 12.5 Å². The summed E-state index contributed by atoms with van der Waals surface area (Å²) in [5.41, 5.74) is 0. The second-order valence-corrected chi connectivity index (χ2v) is 5.83. The summed E-state index contributed by atoms with van der Waals surface area (Å²) in [5, 5.41) is 11.6. The van der Waals surface area contributed by atoms with Gasteiger partial charge in [0.25, 0.3) is 0 Å². The number of piperazine rings is 1. The van der Waals surface area contributed by atoms with Crippen molar-refractivity contribution in [2.24, 2.45) is 0 Å². The zero-order valence-corrected chi connectivity index (χ0v) is 11.8. The largest absolute Gasteiger partial charge is 0.481 e. The number of carboxylic acid groups (broad SMARTS) is 1. The number of hydrogen-bond donors (Lipinski definition) is 2. The van der Waals surface area contributed by atoms with Crippen LogP contribution in [-0.2, 0) is 4.79 Å². The van der Waals surface area contributed by atoms with Gasteiger partial charge in [-0.25, -0.2) is 9.59 Å². The quantitative estimate of drug-likeness (QED) is 0.748. The van der Waals surface area contributed by atoms with Gasteiger partial charge in [-0.3, -0.25) is 4.79 Å². The Labute approximate surface area is 122 Å². The molecule has 0 aromatic rings. The number of urea groups is 2. The maximum atomic E-state index is 12.6. The van der Waals surface area contributed by atoms with Gasteiger partial charge in [-0.1, -0.05) is 0 Å². The van der Waals surface area contributed by atoms with Gasteiger partial charge >= 0.3 is 18.0 Å². The molecule has 3 aliphatic rings. The fourth-order valence-electron chi connectivity index (χ4n) is 3.00. The standard InChI is InChI=1S/C13H20N4O4/c18-11(19)3-4-17(9-1-2-9)13(21)15-5-6-16-10(8-15)7-14-12(16)20/h9-10H,1-8H2,(H,14,20)(H,18,19). The maximum Gasteiger partial charge on any atom is 0.320 e. The Bertz CT molecular complexity index is 465. The van der Waals surface area contributed by atoms with E-state index in [1.807, 2.05) is 0 Å². The minimum absolute atomic E-state index is 0.0221. The molecule has 2 heterocycles. The highest BCUT2D eigenvalue weighted by Crippen LogP contribution is 2.28. The summed E-state index contributed by atoms with van der Waals surface area (Å²) in [6.07, 6.45) is 1.88. The molecule has 2 saturated heterocycles. The SMILES string of the molecule is O=C(O)CCN(C(=O)N1CCN2C(=O)NCC2C1)C1CC1. The van der Waals surface area contributed by atoms with Crippen LogP contribution in [0.15, 0.2) is 0 Å². The van der Waals surface area contributed by atoms with Crippen LogP contribution >= 0.6 is 0 Å². The van der Waals surface area contributed by atoms with Crippen LogP contribution in [0.25, 0.3) is 0 Å². The monoisotopic (exact) mass is 296 g/mol. The molecule has 21 heavy (non-hydrogen) atoms. The van der Waals surface area contributed by atoms with E-state index < -0.39 is 5.97 Å². The molecule has 1 saturated carbocycles. The summed E-state index contributed by atoms with van der Waals surface area (Å²) in [6.45, 7) is 2.41. The highest BCUT2D eigenvalue weighted by molar-refractivity contribution is 5.79. The molecule has 1 atom stereocenters. The molecule has 3 rings (SSSR count). The van der Waals surface area contributed by atoms with Crippen molar-refractivity contribution in [3.63, 3.8) is 0 Å². The Morgan fingerprint density at radius 2 is 2.10 bits per heavy atom. The molecule has 3 fully saturated rings. The van der Waals surface area contributed by atoms with Gasteiger partial charge in [0.2, 0.25) is 0 Å². The van der Waals surface area contributed by atoms with Gasteiger partial charge in [-0.05, 0) is 12.8 Å². The normalized spacial score (nSPS) is 24.6. The summed E-state index contributed by atoms with van der Waals surface area (Å²) in [6, 6.07) is 0.0868. The first-order valence-electron chi connectivity index (χ1n) is 7.38. The van der Waals surface area contributed by atoms with Gasteiger partial charge in [0.15, 0.2) is 0 Å². The smallest absolute Gasteiger partial charge is 0.320 e. The highest BCUT2D eigenvalue weighted by Gasteiger charge is 2.40. The van der Waals surface area contributed by atoms with Crippen LogP contribution in [0.5, 0.6) is 0 Å². The molecule has 8 nitrogen and oxygen atoms in total. The van der Waals surface area contributed by atoms with Crippen LogP contribution in [0.2, 0.25) is 0 Å². The zero-order valence-electron chi connectivity index (χ0n) is 11.8. The van der Waals surface area contributed by atoms with Crippen molar-refractivity contribution in [1.29, 1.82) is 0 Å². The zero-order chi connectivity index (χ0) is 15.0. The third-order valence-electron chi connectivity index (χ3n) is 4.30. The first-order valence-corrected chi connectivity index (χ1v) is 7.38. The summed E-state index contributed by atoms with van der Waals surface area (Å²) >= 11 is 0. The number of nitrogens with zero attached hydrogens (tertiary/aromatic N) is 3. The van der Waals surface area contributed by atoms with Crippen LogP contribution in [0, 0.1) is 0 Å². The van der Waals surface area contributed by atoms with Crippen LogP contribution in [0.4, 0.5) is 9.59 Å². The van der Waals surface area contributed by atoms with Crippen LogP contribution < -0.4 is 5.32 Å². The van der Waals surface area contributed by atoms with E-state index in [2.05, 4.69) is 5.32 Å². The number of carbonyl (C=O) groups excluding carboxylic acids is 2. The summed E-state index contributed by atoms with van der Waals surface area (Å²) in [7, 11) is 0.